The molecule has 6 heteroatoms. The van der Waals surface area contributed by atoms with Crippen LogP contribution in [0.25, 0.3) is 22.3 Å². The van der Waals surface area contributed by atoms with Crippen LogP contribution in [0.15, 0.2) is 38.6 Å². The number of nitrogens with one attached hydrogen (secondary N) is 2. The molecule has 2 heterocycles. The van der Waals surface area contributed by atoms with E-state index in [-0.39, 0.29) is 6.86 Å². The van der Waals surface area contributed by atoms with Crippen molar-refractivity contribution in [3.63, 3.8) is 0 Å². The Hall–Kier alpha value is -2.63. The van der Waals surface area contributed by atoms with Gasteiger partial charge in [-0.2, -0.15) is 0 Å². The minimum absolute atomic E-state index is 0. The zero-order valence-electron chi connectivity index (χ0n) is 10.5. The molecule has 0 bridgehead atoms. The van der Waals surface area contributed by atoms with Gasteiger partial charge in [0.25, 0.3) is 5.56 Å². The number of fused-ring (bicyclic) bond motifs is 2. The van der Waals surface area contributed by atoms with Gasteiger partial charge >= 0.3 is 7.12 Å². The fourth-order valence-corrected chi connectivity index (χ4v) is 2.09. The van der Waals surface area contributed by atoms with Crippen molar-refractivity contribution in [2.45, 2.75) is 0 Å². The molecule has 0 radical (unpaired) electrons. The summed E-state index contributed by atoms with van der Waals surface area (Å²) in [5, 5.41) is 0.378. The Bertz CT molecular complexity index is 907. The molecule has 1 aromatic rings. The van der Waals surface area contributed by atoms with Crippen molar-refractivity contribution >= 4 is 11.0 Å². The second-order valence-corrected chi connectivity index (χ2v) is 4.09. The SMILES string of the molecule is Cn1c2cc(=O)ccc-2cc2c(=O)[nH]c(=O)[nH]c21.[H+]. The van der Waals surface area contributed by atoms with Crippen molar-refractivity contribution in [2.75, 3.05) is 0 Å². The van der Waals surface area contributed by atoms with E-state index in [1.807, 2.05) is 0 Å². The third-order valence-electron chi connectivity index (χ3n) is 2.96. The molecule has 2 aliphatic rings. The van der Waals surface area contributed by atoms with E-state index in [2.05, 4.69) is 9.97 Å². The van der Waals surface area contributed by atoms with Crippen LogP contribution in [0.3, 0.4) is 0 Å². The number of aromatic amines is 2. The minimum Gasteiger partial charge on any atom is -0.330 e. The highest BCUT2D eigenvalue weighted by Crippen LogP contribution is 2.22. The van der Waals surface area contributed by atoms with Crippen LogP contribution in [-0.2, 0) is 7.05 Å². The number of nitrogens with zero attached hydrogens (tertiary/aromatic N) is 1. The first kappa shape index (κ1) is 10.5. The van der Waals surface area contributed by atoms with Crippen molar-refractivity contribution in [3.8, 4) is 11.3 Å². The Balaban J connectivity index is 0.00000133. The van der Waals surface area contributed by atoms with Gasteiger partial charge in [-0.25, -0.2) is 4.79 Å². The van der Waals surface area contributed by atoms with Gasteiger partial charge in [0.1, 0.15) is 5.65 Å². The van der Waals surface area contributed by atoms with Crippen LogP contribution in [0.5, 0.6) is 0 Å². The zero-order valence-corrected chi connectivity index (χ0v) is 9.48. The molecule has 6 nitrogen and oxygen atoms in total. The van der Waals surface area contributed by atoms with Crippen molar-refractivity contribution in [1.82, 2.24) is 14.5 Å². The Morgan fingerprint density at radius 1 is 1.11 bits per heavy atom. The van der Waals surface area contributed by atoms with E-state index >= 15 is 0 Å². The summed E-state index contributed by atoms with van der Waals surface area (Å²) in [5.41, 5.74) is 0.683. The molecular weight excluding hydrogens is 234 g/mol. The first-order valence-electron chi connectivity index (χ1n) is 5.32. The van der Waals surface area contributed by atoms with Crippen LogP contribution in [-0.4, -0.2) is 14.5 Å². The van der Waals surface area contributed by atoms with E-state index in [9.17, 15) is 14.4 Å². The Morgan fingerprint density at radius 2 is 1.89 bits per heavy atom. The van der Waals surface area contributed by atoms with Crippen LogP contribution >= 0.6 is 0 Å². The molecule has 1 aromatic heterocycles. The molecule has 0 amide bonds. The van der Waals surface area contributed by atoms with Gasteiger partial charge in [-0.1, -0.05) is 0 Å². The van der Waals surface area contributed by atoms with Crippen LogP contribution in [0.1, 0.15) is 1.43 Å². The number of benzene rings is 1. The minimum atomic E-state index is -0.569. The monoisotopic (exact) mass is 244 g/mol. The predicted octanol–water partition coefficient (Wildman–Crippen LogP) is 0.132. The number of aryl methyl sites for hydroxylation is 1. The maximum Gasteiger partial charge on any atom is 1.00 e. The zero-order chi connectivity index (χ0) is 12.9. The summed E-state index contributed by atoms with van der Waals surface area (Å²) < 4.78 is 1.63. The second-order valence-electron chi connectivity index (χ2n) is 4.09. The van der Waals surface area contributed by atoms with E-state index in [1.165, 1.54) is 12.1 Å². The summed E-state index contributed by atoms with van der Waals surface area (Å²) in [6.07, 6.45) is 0. The number of pyridine rings is 1. The molecule has 0 unspecified atom stereocenters. The van der Waals surface area contributed by atoms with Gasteiger partial charge in [-0.15, -0.1) is 0 Å². The molecule has 18 heavy (non-hydrogen) atoms. The fraction of sp³-hybridized carbons (Fsp3) is 0.0833. The van der Waals surface area contributed by atoms with Gasteiger partial charge in [0, 0.05) is 13.1 Å². The first-order chi connectivity index (χ1) is 8.56. The summed E-state index contributed by atoms with van der Waals surface area (Å²) in [5.74, 6) is 0. The van der Waals surface area contributed by atoms with Crippen molar-refractivity contribution < 1.29 is 1.43 Å². The lowest BCUT2D eigenvalue weighted by atomic mass is 10.1. The lowest BCUT2D eigenvalue weighted by Gasteiger charge is -2.13. The Kier molecular flexibility index (Phi) is 2.00. The number of rotatable bonds is 0. The van der Waals surface area contributed by atoms with Gasteiger partial charge in [-0.05, 0) is 23.8 Å². The highest BCUT2D eigenvalue weighted by atomic mass is 16.2. The summed E-state index contributed by atoms with van der Waals surface area (Å²) in [6, 6.07) is 6.21. The lowest BCUT2D eigenvalue weighted by molar-refractivity contribution is 0.916. The van der Waals surface area contributed by atoms with Gasteiger partial charge in [-0.3, -0.25) is 19.6 Å². The molecule has 0 atom stereocenters. The maximum absolute atomic E-state index is 11.7. The topological polar surface area (TPSA) is 87.7 Å². The Morgan fingerprint density at radius 3 is 2.67 bits per heavy atom. The molecule has 0 fully saturated rings. The van der Waals surface area contributed by atoms with Gasteiger partial charge in [0.05, 0.1) is 11.1 Å². The fourth-order valence-electron chi connectivity index (χ4n) is 2.09. The number of H-pyrrole nitrogens is 2. The molecule has 1 aliphatic carbocycles. The number of aromatic nitrogens is 3. The van der Waals surface area contributed by atoms with E-state index in [4.69, 9.17) is 0 Å². The van der Waals surface area contributed by atoms with Crippen LogP contribution < -0.4 is 16.7 Å². The quantitative estimate of drug-likeness (QED) is 0.551. The average molecular weight is 244 g/mol. The molecule has 1 aliphatic heterocycles. The molecule has 0 saturated heterocycles. The number of hydrogen-bond donors (Lipinski definition) is 2. The highest BCUT2D eigenvalue weighted by Gasteiger charge is 2.11. The molecule has 90 valence electrons. The molecule has 2 N–H and O–H groups in total. The van der Waals surface area contributed by atoms with Crippen LogP contribution in [0, 0.1) is 0 Å². The first-order valence-corrected chi connectivity index (χ1v) is 5.32. The third kappa shape index (κ3) is 1.39. The van der Waals surface area contributed by atoms with Crippen molar-refractivity contribution in [1.29, 1.82) is 0 Å². The molecule has 0 saturated carbocycles. The summed E-state index contributed by atoms with van der Waals surface area (Å²) in [4.78, 5) is 39.1. The molecule has 0 spiro atoms. The van der Waals surface area contributed by atoms with Crippen molar-refractivity contribution in [2.24, 2.45) is 7.05 Å². The van der Waals surface area contributed by atoms with Crippen LogP contribution in [0.2, 0.25) is 0 Å². The predicted molar refractivity (Wildman–Crippen MR) is 68.2 cm³/mol. The largest absolute Gasteiger partial charge is 1.00 e. The van der Waals surface area contributed by atoms with Gasteiger partial charge in [0.15, 0.2) is 5.43 Å². The lowest BCUT2D eigenvalue weighted by Crippen LogP contribution is -2.24. The third-order valence-corrected chi connectivity index (χ3v) is 2.96. The van der Waals surface area contributed by atoms with Crippen LogP contribution in [0.4, 0.5) is 0 Å². The van der Waals surface area contributed by atoms with Gasteiger partial charge < -0.3 is 4.57 Å². The smallest absolute Gasteiger partial charge is 0.330 e. The van der Waals surface area contributed by atoms with Crippen molar-refractivity contribution in [3.05, 3.63) is 55.3 Å². The summed E-state index contributed by atoms with van der Waals surface area (Å²) in [7, 11) is 1.69. The molecule has 0 aromatic carbocycles. The van der Waals surface area contributed by atoms with E-state index in [0.29, 0.717) is 16.7 Å². The normalized spacial score (nSPS) is 11.2. The highest BCUT2D eigenvalue weighted by molar-refractivity contribution is 5.82. The van der Waals surface area contributed by atoms with E-state index in [1.54, 1.807) is 23.7 Å². The van der Waals surface area contributed by atoms with E-state index in [0.717, 1.165) is 5.56 Å². The molecular formula is C12H10N3O3+. The number of hydrogen-bond acceptors (Lipinski definition) is 3. The van der Waals surface area contributed by atoms with Gasteiger partial charge in [0.2, 0.25) is 0 Å². The van der Waals surface area contributed by atoms with E-state index < -0.39 is 11.2 Å². The Labute approximate surface area is 101 Å². The second kappa shape index (κ2) is 3.43. The summed E-state index contributed by atoms with van der Waals surface area (Å²) >= 11 is 0. The standard InChI is InChI=1S/C12H9N3O3/c1-15-9-5-7(16)3-2-6(9)4-8-10(15)13-12(18)14-11(8)17/h2-5H,1H3,(H2,13,14,17,18)/p+1. The summed E-state index contributed by atoms with van der Waals surface area (Å²) in [6.45, 7) is 0. The average Bonchev–Trinajstić information content (AvgIpc) is 2.32. The maximum atomic E-state index is 11.7. The molecule has 3 rings (SSSR count).